The van der Waals surface area contributed by atoms with E-state index in [-0.39, 0.29) is 18.2 Å². The number of carbonyl (C=O) groups is 2. The number of rotatable bonds is 5. The van der Waals surface area contributed by atoms with Gasteiger partial charge in [-0.1, -0.05) is 23.7 Å². The van der Waals surface area contributed by atoms with Gasteiger partial charge in [0, 0.05) is 36.3 Å². The molecule has 2 amide bonds. The Morgan fingerprint density at radius 2 is 1.75 bits per heavy atom. The minimum Gasteiger partial charge on any atom is -0.326 e. The number of hydrogen-bond donors (Lipinski definition) is 1. The van der Waals surface area contributed by atoms with E-state index in [2.05, 4.69) is 5.32 Å². The van der Waals surface area contributed by atoms with Gasteiger partial charge in [0.1, 0.15) is 0 Å². The van der Waals surface area contributed by atoms with Crippen molar-refractivity contribution in [3.05, 3.63) is 58.6 Å². The molecular weight excluding hydrogens is 324 g/mol. The van der Waals surface area contributed by atoms with Crippen LogP contribution in [0.1, 0.15) is 24.5 Å². The molecule has 2 aromatic rings. The van der Waals surface area contributed by atoms with Gasteiger partial charge in [-0.25, -0.2) is 0 Å². The van der Waals surface area contributed by atoms with Crippen molar-refractivity contribution in [2.24, 2.45) is 0 Å². The Bertz CT molecular complexity index is 739. The molecule has 0 aliphatic carbocycles. The van der Waals surface area contributed by atoms with Crippen LogP contribution in [-0.4, -0.2) is 18.4 Å². The molecular formula is C19H21ClN2O2. The highest BCUT2D eigenvalue weighted by atomic mass is 35.5. The average Bonchev–Trinajstić information content (AvgIpc) is 2.46. The predicted molar refractivity (Wildman–Crippen MR) is 98.6 cm³/mol. The van der Waals surface area contributed by atoms with Gasteiger partial charge in [0.15, 0.2) is 0 Å². The highest BCUT2D eigenvalue weighted by Gasteiger charge is 2.14. The summed E-state index contributed by atoms with van der Waals surface area (Å²) in [5.74, 6) is -0.259. The molecule has 0 fully saturated rings. The molecule has 0 heterocycles. The number of nitrogens with zero attached hydrogens (tertiary/aromatic N) is 1. The van der Waals surface area contributed by atoms with Crippen LogP contribution in [0, 0.1) is 13.8 Å². The van der Waals surface area contributed by atoms with Crippen molar-refractivity contribution in [3.63, 3.8) is 0 Å². The van der Waals surface area contributed by atoms with Crippen LogP contribution in [-0.2, 0) is 9.59 Å². The Morgan fingerprint density at radius 3 is 2.33 bits per heavy atom. The number of benzene rings is 2. The fourth-order valence-corrected chi connectivity index (χ4v) is 2.78. The summed E-state index contributed by atoms with van der Waals surface area (Å²) in [5, 5.41) is 3.43. The van der Waals surface area contributed by atoms with Crippen molar-refractivity contribution < 1.29 is 9.59 Å². The summed E-state index contributed by atoms with van der Waals surface area (Å²) in [6.45, 7) is 5.74. The third kappa shape index (κ3) is 5.10. The molecule has 1 N–H and O–H groups in total. The summed E-state index contributed by atoms with van der Waals surface area (Å²) in [5.41, 5.74) is 3.65. The van der Waals surface area contributed by atoms with E-state index in [4.69, 9.17) is 11.6 Å². The van der Waals surface area contributed by atoms with Gasteiger partial charge in [0.25, 0.3) is 0 Å². The number of anilines is 2. The van der Waals surface area contributed by atoms with E-state index in [9.17, 15) is 9.59 Å². The summed E-state index contributed by atoms with van der Waals surface area (Å²) in [7, 11) is 0. The minimum absolute atomic E-state index is 0.128. The fourth-order valence-electron chi connectivity index (χ4n) is 2.60. The summed E-state index contributed by atoms with van der Waals surface area (Å²) in [6, 6.07) is 12.9. The second-order valence-electron chi connectivity index (χ2n) is 5.83. The molecule has 0 spiro atoms. The molecule has 126 valence electrons. The number of halogens is 1. The van der Waals surface area contributed by atoms with Gasteiger partial charge in [-0.15, -0.1) is 0 Å². The SMILES string of the molecule is CC(=O)N(CCC(=O)Nc1cc(C)cc(C)c1)c1cccc(Cl)c1. The van der Waals surface area contributed by atoms with Crippen LogP contribution >= 0.6 is 11.6 Å². The summed E-state index contributed by atoms with van der Waals surface area (Å²) in [4.78, 5) is 25.6. The van der Waals surface area contributed by atoms with Gasteiger partial charge >= 0.3 is 0 Å². The summed E-state index contributed by atoms with van der Waals surface area (Å²) >= 11 is 5.98. The maximum absolute atomic E-state index is 12.2. The van der Waals surface area contributed by atoms with Crippen molar-refractivity contribution in [1.82, 2.24) is 0 Å². The van der Waals surface area contributed by atoms with Crippen LogP contribution in [0.3, 0.4) is 0 Å². The Kier molecular flexibility index (Phi) is 5.99. The molecule has 24 heavy (non-hydrogen) atoms. The number of carbonyl (C=O) groups excluding carboxylic acids is 2. The lowest BCUT2D eigenvalue weighted by Crippen LogP contribution is -2.31. The molecule has 0 bridgehead atoms. The third-order valence-electron chi connectivity index (χ3n) is 3.57. The summed E-state index contributed by atoms with van der Waals surface area (Å²) < 4.78 is 0. The van der Waals surface area contributed by atoms with E-state index in [0.717, 1.165) is 16.8 Å². The van der Waals surface area contributed by atoms with Gasteiger partial charge < -0.3 is 10.2 Å². The monoisotopic (exact) mass is 344 g/mol. The Balaban J connectivity index is 2.01. The van der Waals surface area contributed by atoms with E-state index in [1.54, 1.807) is 29.2 Å². The van der Waals surface area contributed by atoms with Gasteiger partial charge in [-0.05, 0) is 55.3 Å². The van der Waals surface area contributed by atoms with Gasteiger partial charge in [-0.3, -0.25) is 9.59 Å². The molecule has 0 unspecified atom stereocenters. The lowest BCUT2D eigenvalue weighted by atomic mass is 10.1. The first-order valence-corrected chi connectivity index (χ1v) is 8.15. The van der Waals surface area contributed by atoms with E-state index in [0.29, 0.717) is 17.3 Å². The van der Waals surface area contributed by atoms with Crippen LogP contribution in [0.15, 0.2) is 42.5 Å². The minimum atomic E-state index is -0.131. The second kappa shape index (κ2) is 7.97. The third-order valence-corrected chi connectivity index (χ3v) is 3.80. The lowest BCUT2D eigenvalue weighted by molar-refractivity contribution is -0.117. The van der Waals surface area contributed by atoms with Crippen LogP contribution in [0.4, 0.5) is 11.4 Å². The maximum Gasteiger partial charge on any atom is 0.226 e. The second-order valence-corrected chi connectivity index (χ2v) is 6.26. The normalized spacial score (nSPS) is 10.3. The Morgan fingerprint density at radius 1 is 1.08 bits per heavy atom. The van der Waals surface area contributed by atoms with Gasteiger partial charge in [0.2, 0.25) is 11.8 Å². The highest BCUT2D eigenvalue weighted by molar-refractivity contribution is 6.30. The van der Waals surface area contributed by atoms with E-state index in [1.807, 2.05) is 32.0 Å². The molecule has 0 aliphatic heterocycles. The van der Waals surface area contributed by atoms with Crippen LogP contribution in [0.2, 0.25) is 5.02 Å². The van der Waals surface area contributed by atoms with E-state index < -0.39 is 0 Å². The topological polar surface area (TPSA) is 49.4 Å². The van der Waals surface area contributed by atoms with Gasteiger partial charge in [-0.2, -0.15) is 0 Å². The zero-order chi connectivity index (χ0) is 17.7. The average molecular weight is 345 g/mol. The first kappa shape index (κ1) is 18.0. The van der Waals surface area contributed by atoms with Crippen molar-refractivity contribution >= 4 is 34.8 Å². The molecule has 2 aromatic carbocycles. The molecule has 5 heteroatoms. The maximum atomic E-state index is 12.2. The van der Waals surface area contributed by atoms with Gasteiger partial charge in [0.05, 0.1) is 0 Å². The highest BCUT2D eigenvalue weighted by Crippen LogP contribution is 2.20. The first-order chi connectivity index (χ1) is 11.3. The number of aryl methyl sites for hydroxylation is 2. The number of amides is 2. The quantitative estimate of drug-likeness (QED) is 0.877. The predicted octanol–water partition coefficient (Wildman–Crippen LogP) is 4.34. The molecule has 0 atom stereocenters. The molecule has 0 radical (unpaired) electrons. The zero-order valence-electron chi connectivity index (χ0n) is 14.1. The van der Waals surface area contributed by atoms with E-state index in [1.165, 1.54) is 6.92 Å². The Labute approximate surface area is 147 Å². The molecule has 0 saturated heterocycles. The van der Waals surface area contributed by atoms with E-state index >= 15 is 0 Å². The fraction of sp³-hybridized carbons (Fsp3) is 0.263. The molecule has 2 rings (SSSR count). The van der Waals surface area contributed by atoms with Crippen LogP contribution < -0.4 is 10.2 Å². The van der Waals surface area contributed by atoms with Crippen molar-refractivity contribution in [2.45, 2.75) is 27.2 Å². The lowest BCUT2D eigenvalue weighted by Gasteiger charge is -2.21. The van der Waals surface area contributed by atoms with Crippen LogP contribution in [0.25, 0.3) is 0 Å². The number of hydrogen-bond acceptors (Lipinski definition) is 2. The molecule has 0 aromatic heterocycles. The molecule has 0 aliphatic rings. The molecule has 4 nitrogen and oxygen atoms in total. The molecule has 0 saturated carbocycles. The summed E-state index contributed by atoms with van der Waals surface area (Å²) in [6.07, 6.45) is 0.207. The standard InChI is InChI=1S/C19H21ClN2O2/c1-13-9-14(2)11-17(10-13)21-19(24)7-8-22(15(3)23)18-6-4-5-16(20)12-18/h4-6,9-12H,7-8H2,1-3H3,(H,21,24). The smallest absolute Gasteiger partial charge is 0.226 e. The van der Waals surface area contributed by atoms with Crippen LogP contribution in [0.5, 0.6) is 0 Å². The van der Waals surface area contributed by atoms with Crippen molar-refractivity contribution in [3.8, 4) is 0 Å². The Hall–Kier alpha value is -2.33. The largest absolute Gasteiger partial charge is 0.326 e. The van der Waals surface area contributed by atoms with Crippen molar-refractivity contribution in [1.29, 1.82) is 0 Å². The van der Waals surface area contributed by atoms with Crippen molar-refractivity contribution in [2.75, 3.05) is 16.8 Å². The zero-order valence-corrected chi connectivity index (χ0v) is 14.9. The number of nitrogens with one attached hydrogen (secondary N) is 1. The first-order valence-electron chi connectivity index (χ1n) is 7.77.